The summed E-state index contributed by atoms with van der Waals surface area (Å²) >= 11 is 5.43. The van der Waals surface area contributed by atoms with Crippen molar-refractivity contribution in [3.05, 3.63) is 31.8 Å². The summed E-state index contributed by atoms with van der Waals surface area (Å²) in [6, 6.07) is -0.273. The highest BCUT2D eigenvalue weighted by atomic mass is 35.5. The summed E-state index contributed by atoms with van der Waals surface area (Å²) in [6.45, 7) is 3.95. The molecule has 4 nitrogen and oxygen atoms in total. The summed E-state index contributed by atoms with van der Waals surface area (Å²) in [7, 11) is 0. The van der Waals surface area contributed by atoms with Gasteiger partial charge in [0, 0.05) is 6.04 Å². The predicted octanol–water partition coefficient (Wildman–Crippen LogP) is 2.08. The lowest BCUT2D eigenvalue weighted by Crippen LogP contribution is -2.42. The van der Waals surface area contributed by atoms with Crippen molar-refractivity contribution in [2.45, 2.75) is 39.2 Å². The highest BCUT2D eigenvalue weighted by Crippen LogP contribution is 2.44. The number of aromatic nitrogens is 2. The summed E-state index contributed by atoms with van der Waals surface area (Å²) in [5, 5.41) is -0.521. The van der Waals surface area contributed by atoms with Gasteiger partial charge in [-0.1, -0.05) is 31.9 Å². The van der Waals surface area contributed by atoms with Crippen LogP contribution in [0.5, 0.6) is 0 Å². The molecule has 1 heterocycles. The summed E-state index contributed by atoms with van der Waals surface area (Å²) in [5.41, 5.74) is -1.75. The third-order valence-corrected chi connectivity index (χ3v) is 3.81. The molecule has 1 aromatic heterocycles. The third-order valence-electron chi connectivity index (χ3n) is 3.55. The molecule has 1 unspecified atom stereocenters. The van der Waals surface area contributed by atoms with E-state index in [2.05, 4.69) is 4.98 Å². The van der Waals surface area contributed by atoms with Gasteiger partial charge in [0.1, 0.15) is 0 Å². The second-order valence-corrected chi connectivity index (χ2v) is 5.51. The van der Waals surface area contributed by atoms with Crippen molar-refractivity contribution in [3.8, 4) is 0 Å². The van der Waals surface area contributed by atoms with Gasteiger partial charge in [-0.3, -0.25) is 14.3 Å². The Morgan fingerprint density at radius 1 is 1.47 bits per heavy atom. The minimum atomic E-state index is -1.09. The Hall–Kier alpha value is -1.10. The van der Waals surface area contributed by atoms with E-state index in [-0.39, 0.29) is 11.5 Å². The summed E-state index contributed by atoms with van der Waals surface area (Å²) in [4.78, 5) is 25.7. The maximum atomic E-state index is 13.4. The van der Waals surface area contributed by atoms with Crippen LogP contribution in [-0.2, 0) is 0 Å². The molecule has 1 aliphatic rings. The molecule has 1 aliphatic carbocycles. The molecule has 6 heteroatoms. The van der Waals surface area contributed by atoms with Crippen LogP contribution in [0.1, 0.15) is 39.2 Å². The molecule has 0 amide bonds. The van der Waals surface area contributed by atoms with Gasteiger partial charge in [0.25, 0.3) is 5.56 Å². The van der Waals surface area contributed by atoms with Gasteiger partial charge in [-0.2, -0.15) is 4.39 Å². The standard InChI is InChI=1S/C11H14ClFN2O2/c1-11(2)5-3-4-6(11)15-9(16)7(13)8(12)14-10(15)17/h6H,3-5H2,1-2H3,(H,14,17). The van der Waals surface area contributed by atoms with Gasteiger partial charge in [0.2, 0.25) is 5.82 Å². The van der Waals surface area contributed by atoms with Crippen molar-refractivity contribution < 1.29 is 4.39 Å². The van der Waals surface area contributed by atoms with Crippen LogP contribution >= 0.6 is 11.6 Å². The van der Waals surface area contributed by atoms with Gasteiger partial charge in [-0.25, -0.2) is 4.79 Å². The van der Waals surface area contributed by atoms with E-state index in [1.165, 1.54) is 0 Å². The molecule has 1 aromatic rings. The molecule has 0 saturated heterocycles. The smallest absolute Gasteiger partial charge is 0.295 e. The lowest BCUT2D eigenvalue weighted by atomic mass is 9.87. The summed E-state index contributed by atoms with van der Waals surface area (Å²) in [6.07, 6.45) is 2.54. The van der Waals surface area contributed by atoms with E-state index in [1.807, 2.05) is 13.8 Å². The molecule has 17 heavy (non-hydrogen) atoms. The number of nitrogens with zero attached hydrogens (tertiary/aromatic N) is 1. The minimum absolute atomic E-state index is 0.183. The Morgan fingerprint density at radius 2 is 2.12 bits per heavy atom. The fraction of sp³-hybridized carbons (Fsp3) is 0.636. The molecule has 94 valence electrons. The van der Waals surface area contributed by atoms with E-state index in [0.29, 0.717) is 6.42 Å². The Morgan fingerprint density at radius 3 is 2.65 bits per heavy atom. The van der Waals surface area contributed by atoms with Crippen molar-refractivity contribution >= 4 is 11.6 Å². The normalized spacial score (nSPS) is 22.9. The van der Waals surface area contributed by atoms with Crippen molar-refractivity contribution in [3.63, 3.8) is 0 Å². The number of H-pyrrole nitrogens is 1. The van der Waals surface area contributed by atoms with E-state index in [1.54, 1.807) is 0 Å². The van der Waals surface area contributed by atoms with E-state index < -0.39 is 22.2 Å². The Kier molecular flexibility index (Phi) is 2.89. The number of hydrogen-bond acceptors (Lipinski definition) is 2. The summed E-state index contributed by atoms with van der Waals surface area (Å²) in [5.74, 6) is -1.09. The number of rotatable bonds is 1. The second-order valence-electron chi connectivity index (χ2n) is 5.13. The fourth-order valence-electron chi connectivity index (χ4n) is 2.57. The van der Waals surface area contributed by atoms with Crippen molar-refractivity contribution in [1.29, 1.82) is 0 Å². The summed E-state index contributed by atoms with van der Waals surface area (Å²) < 4.78 is 14.4. The van der Waals surface area contributed by atoms with E-state index >= 15 is 0 Å². The van der Waals surface area contributed by atoms with Crippen LogP contribution in [0.25, 0.3) is 0 Å². The molecular formula is C11H14ClFN2O2. The lowest BCUT2D eigenvalue weighted by molar-refractivity contribution is 0.245. The van der Waals surface area contributed by atoms with E-state index in [0.717, 1.165) is 17.4 Å². The molecule has 0 radical (unpaired) electrons. The zero-order chi connectivity index (χ0) is 12.8. The number of hydrogen-bond donors (Lipinski definition) is 1. The Labute approximate surface area is 102 Å². The van der Waals surface area contributed by atoms with Gasteiger partial charge in [-0.15, -0.1) is 0 Å². The molecule has 0 spiro atoms. The minimum Gasteiger partial charge on any atom is -0.295 e. The van der Waals surface area contributed by atoms with Gasteiger partial charge in [-0.05, 0) is 18.3 Å². The van der Waals surface area contributed by atoms with Gasteiger partial charge in [0.05, 0.1) is 0 Å². The van der Waals surface area contributed by atoms with Gasteiger partial charge < -0.3 is 0 Å². The van der Waals surface area contributed by atoms with E-state index in [4.69, 9.17) is 11.6 Å². The highest BCUT2D eigenvalue weighted by Gasteiger charge is 2.38. The predicted molar refractivity (Wildman–Crippen MR) is 63.0 cm³/mol. The van der Waals surface area contributed by atoms with Crippen LogP contribution in [0.15, 0.2) is 9.59 Å². The molecule has 2 rings (SSSR count). The van der Waals surface area contributed by atoms with Crippen molar-refractivity contribution in [2.75, 3.05) is 0 Å². The molecule has 1 fully saturated rings. The van der Waals surface area contributed by atoms with Crippen LogP contribution in [0.4, 0.5) is 4.39 Å². The van der Waals surface area contributed by atoms with Crippen LogP contribution in [0.3, 0.4) is 0 Å². The largest absolute Gasteiger partial charge is 0.329 e. The third kappa shape index (κ3) is 1.92. The highest BCUT2D eigenvalue weighted by molar-refractivity contribution is 6.29. The SMILES string of the molecule is CC1(C)CCCC1n1c(=O)[nH]c(Cl)c(F)c1=O. The van der Waals surface area contributed by atoms with Crippen molar-refractivity contribution in [2.24, 2.45) is 5.41 Å². The van der Waals surface area contributed by atoms with Gasteiger partial charge >= 0.3 is 5.69 Å². The van der Waals surface area contributed by atoms with Crippen LogP contribution < -0.4 is 11.2 Å². The molecule has 0 bridgehead atoms. The Bertz CT molecular complexity index is 562. The molecule has 1 N–H and O–H groups in total. The van der Waals surface area contributed by atoms with E-state index in [9.17, 15) is 14.0 Å². The molecule has 1 atom stereocenters. The quantitative estimate of drug-likeness (QED) is 0.786. The first-order chi connectivity index (χ1) is 7.84. The average Bonchev–Trinajstić information content (AvgIpc) is 2.56. The zero-order valence-corrected chi connectivity index (χ0v) is 10.5. The number of halogens is 2. The van der Waals surface area contributed by atoms with Crippen LogP contribution in [0, 0.1) is 11.2 Å². The molecule has 0 aromatic carbocycles. The molecule has 0 aliphatic heterocycles. The average molecular weight is 261 g/mol. The topological polar surface area (TPSA) is 54.9 Å². The first-order valence-electron chi connectivity index (χ1n) is 5.54. The van der Waals surface area contributed by atoms with Gasteiger partial charge in [0.15, 0.2) is 5.15 Å². The first-order valence-corrected chi connectivity index (χ1v) is 5.92. The van der Waals surface area contributed by atoms with Crippen molar-refractivity contribution in [1.82, 2.24) is 9.55 Å². The maximum Gasteiger partial charge on any atom is 0.329 e. The molecule has 1 saturated carbocycles. The molecular weight excluding hydrogens is 247 g/mol. The monoisotopic (exact) mass is 260 g/mol. The number of nitrogens with one attached hydrogen (secondary N) is 1. The fourth-order valence-corrected chi connectivity index (χ4v) is 2.73. The first kappa shape index (κ1) is 12.4. The Balaban J connectivity index is 2.65. The van der Waals surface area contributed by atoms with Crippen LogP contribution in [0.2, 0.25) is 5.15 Å². The second kappa shape index (κ2) is 3.98. The lowest BCUT2D eigenvalue weighted by Gasteiger charge is -2.27. The van der Waals surface area contributed by atoms with Crippen LogP contribution in [-0.4, -0.2) is 9.55 Å². The maximum absolute atomic E-state index is 13.4. The number of aromatic amines is 1. The zero-order valence-electron chi connectivity index (χ0n) is 9.72.